The second kappa shape index (κ2) is 5.85. The van der Waals surface area contributed by atoms with Crippen LogP contribution in [-0.2, 0) is 12.6 Å². The molecule has 0 amide bonds. The summed E-state index contributed by atoms with van der Waals surface area (Å²) in [6.45, 7) is 0. The van der Waals surface area contributed by atoms with Crippen molar-refractivity contribution in [2.75, 3.05) is 5.73 Å². The number of hydrogen-bond acceptors (Lipinski definition) is 3. The smallest absolute Gasteiger partial charge is 0.398 e. The number of nitrogens with two attached hydrogens (primary N) is 1. The van der Waals surface area contributed by atoms with Crippen LogP contribution in [0.5, 0.6) is 0 Å². The fourth-order valence-corrected chi connectivity index (χ4v) is 2.22. The molecule has 0 aliphatic heterocycles. The summed E-state index contributed by atoms with van der Waals surface area (Å²) >= 11 is 3.21. The number of Topliss-reactive ketones (excluding diaryl/α,β-unsaturated/α-hetero) is 1. The predicted octanol–water partition coefficient (Wildman–Crippen LogP) is 3.87. The Kier molecular flexibility index (Phi) is 4.32. The van der Waals surface area contributed by atoms with Gasteiger partial charge >= 0.3 is 6.18 Å². The van der Waals surface area contributed by atoms with E-state index in [0.717, 1.165) is 18.2 Å². The number of carbonyl (C=O) groups excluding carboxylic acids is 1. The molecule has 110 valence electrons. The van der Waals surface area contributed by atoms with Crippen LogP contribution in [0.2, 0.25) is 0 Å². The molecule has 21 heavy (non-hydrogen) atoms. The van der Waals surface area contributed by atoms with Crippen molar-refractivity contribution in [2.45, 2.75) is 12.6 Å². The molecule has 0 fully saturated rings. The second-order valence-electron chi connectivity index (χ2n) is 4.41. The van der Waals surface area contributed by atoms with Gasteiger partial charge in [0.1, 0.15) is 0 Å². The molecule has 0 saturated carbocycles. The third kappa shape index (κ3) is 3.81. The molecule has 3 nitrogen and oxygen atoms in total. The zero-order chi connectivity index (χ0) is 15.6. The van der Waals surface area contributed by atoms with Gasteiger partial charge in [-0.2, -0.15) is 13.2 Å². The fraction of sp³-hybridized carbons (Fsp3) is 0.143. The molecule has 2 rings (SSSR count). The summed E-state index contributed by atoms with van der Waals surface area (Å²) in [6.07, 6.45) is -1.56. The lowest BCUT2D eigenvalue weighted by atomic mass is 10.0. The first kappa shape index (κ1) is 15.5. The number of nitrogen functional groups attached to an aromatic ring is 1. The van der Waals surface area contributed by atoms with Crippen LogP contribution >= 0.6 is 15.9 Å². The maximum absolute atomic E-state index is 12.7. The van der Waals surface area contributed by atoms with Crippen LogP contribution in [0.4, 0.5) is 18.9 Å². The molecule has 0 atom stereocenters. The van der Waals surface area contributed by atoms with Crippen molar-refractivity contribution in [3.05, 3.63) is 57.8 Å². The number of ketones is 1. The zero-order valence-corrected chi connectivity index (χ0v) is 12.2. The van der Waals surface area contributed by atoms with Gasteiger partial charge in [0.15, 0.2) is 5.78 Å². The number of carbonyl (C=O) groups is 1. The minimum atomic E-state index is -4.51. The molecular weight excluding hydrogens is 349 g/mol. The molecule has 0 unspecified atom stereocenters. The van der Waals surface area contributed by atoms with Crippen LogP contribution in [-0.4, -0.2) is 10.8 Å². The molecule has 1 aromatic heterocycles. The van der Waals surface area contributed by atoms with E-state index < -0.39 is 17.5 Å². The fourth-order valence-electron chi connectivity index (χ4n) is 1.81. The number of pyridine rings is 1. The van der Waals surface area contributed by atoms with Crippen molar-refractivity contribution >= 4 is 27.4 Å². The second-order valence-corrected chi connectivity index (χ2v) is 5.33. The standard InChI is InChI=1S/C14H10BrF3N2O/c15-10-3-8(6-20-7-10)4-13(21)11-5-9(14(16,17)18)1-2-12(11)19/h1-3,5-7H,4,19H2. The summed E-state index contributed by atoms with van der Waals surface area (Å²) in [5.74, 6) is -0.488. The maximum atomic E-state index is 12.7. The summed E-state index contributed by atoms with van der Waals surface area (Å²) in [5, 5.41) is 0. The highest BCUT2D eigenvalue weighted by Gasteiger charge is 2.31. The van der Waals surface area contributed by atoms with Crippen LogP contribution in [0, 0.1) is 0 Å². The van der Waals surface area contributed by atoms with Crippen LogP contribution in [0.1, 0.15) is 21.5 Å². The normalized spacial score (nSPS) is 11.4. The number of anilines is 1. The largest absolute Gasteiger partial charge is 0.416 e. The van der Waals surface area contributed by atoms with E-state index in [0.29, 0.717) is 10.0 Å². The van der Waals surface area contributed by atoms with Crippen molar-refractivity contribution in [3.63, 3.8) is 0 Å². The number of alkyl halides is 3. The van der Waals surface area contributed by atoms with Crippen molar-refractivity contribution in [3.8, 4) is 0 Å². The Morgan fingerprint density at radius 3 is 2.57 bits per heavy atom. The molecule has 1 heterocycles. The lowest BCUT2D eigenvalue weighted by Gasteiger charge is -2.10. The molecule has 7 heteroatoms. The monoisotopic (exact) mass is 358 g/mol. The molecule has 2 aromatic rings. The Labute approximate surface area is 127 Å². The Bertz CT molecular complexity index is 686. The first-order chi connectivity index (χ1) is 9.77. The van der Waals surface area contributed by atoms with E-state index in [-0.39, 0.29) is 17.7 Å². The van der Waals surface area contributed by atoms with Gasteiger partial charge in [-0.05, 0) is 45.8 Å². The lowest BCUT2D eigenvalue weighted by molar-refractivity contribution is -0.137. The van der Waals surface area contributed by atoms with Crippen LogP contribution in [0.25, 0.3) is 0 Å². The van der Waals surface area contributed by atoms with Gasteiger partial charge in [-0.15, -0.1) is 0 Å². The quantitative estimate of drug-likeness (QED) is 0.669. The topological polar surface area (TPSA) is 56.0 Å². The highest BCUT2D eigenvalue weighted by Crippen LogP contribution is 2.31. The van der Waals surface area contributed by atoms with Gasteiger partial charge in [-0.1, -0.05) is 0 Å². The number of aromatic nitrogens is 1. The number of halogens is 4. The summed E-state index contributed by atoms with van der Waals surface area (Å²) in [7, 11) is 0. The Hall–Kier alpha value is -1.89. The summed E-state index contributed by atoms with van der Waals surface area (Å²) < 4.78 is 38.7. The van der Waals surface area contributed by atoms with Crippen LogP contribution in [0.15, 0.2) is 41.1 Å². The van der Waals surface area contributed by atoms with Crippen LogP contribution < -0.4 is 5.73 Å². The molecule has 0 radical (unpaired) electrons. The summed E-state index contributed by atoms with van der Waals surface area (Å²) in [4.78, 5) is 16.0. The van der Waals surface area contributed by atoms with Gasteiger partial charge < -0.3 is 5.73 Å². The average Bonchev–Trinajstić information content (AvgIpc) is 2.37. The van der Waals surface area contributed by atoms with E-state index in [1.165, 1.54) is 6.20 Å². The average molecular weight is 359 g/mol. The first-order valence-electron chi connectivity index (χ1n) is 5.86. The minimum Gasteiger partial charge on any atom is -0.398 e. The van der Waals surface area contributed by atoms with Crippen LogP contribution in [0.3, 0.4) is 0 Å². The van der Waals surface area contributed by atoms with E-state index >= 15 is 0 Å². The highest BCUT2D eigenvalue weighted by atomic mass is 79.9. The Morgan fingerprint density at radius 1 is 1.24 bits per heavy atom. The number of nitrogens with zero attached hydrogens (tertiary/aromatic N) is 1. The molecule has 1 aromatic carbocycles. The van der Waals surface area contributed by atoms with Crippen molar-refractivity contribution in [1.29, 1.82) is 0 Å². The van der Waals surface area contributed by atoms with Gasteiger partial charge in [-0.3, -0.25) is 9.78 Å². The van der Waals surface area contributed by atoms with E-state index in [2.05, 4.69) is 20.9 Å². The number of benzene rings is 1. The molecule has 0 bridgehead atoms. The molecule has 0 spiro atoms. The first-order valence-corrected chi connectivity index (χ1v) is 6.66. The third-order valence-electron chi connectivity index (χ3n) is 2.81. The molecule has 0 saturated heterocycles. The molecule has 0 aliphatic rings. The number of rotatable bonds is 3. The lowest BCUT2D eigenvalue weighted by Crippen LogP contribution is -2.11. The van der Waals surface area contributed by atoms with E-state index in [1.54, 1.807) is 12.3 Å². The van der Waals surface area contributed by atoms with Gasteiger partial charge in [0, 0.05) is 34.5 Å². The van der Waals surface area contributed by atoms with E-state index in [1.807, 2.05) is 0 Å². The SMILES string of the molecule is Nc1ccc(C(F)(F)F)cc1C(=O)Cc1cncc(Br)c1. The van der Waals surface area contributed by atoms with Gasteiger partial charge in [0.05, 0.1) is 5.56 Å². The van der Waals surface area contributed by atoms with Crippen molar-refractivity contribution in [1.82, 2.24) is 4.98 Å². The highest BCUT2D eigenvalue weighted by molar-refractivity contribution is 9.10. The van der Waals surface area contributed by atoms with E-state index in [4.69, 9.17) is 5.73 Å². The summed E-state index contributed by atoms with van der Waals surface area (Å²) in [5.41, 5.74) is 5.19. The van der Waals surface area contributed by atoms with Crippen molar-refractivity contribution in [2.24, 2.45) is 0 Å². The molecule has 0 aliphatic carbocycles. The molecule has 2 N–H and O–H groups in total. The Morgan fingerprint density at radius 2 is 1.95 bits per heavy atom. The minimum absolute atomic E-state index is 0.0240. The number of hydrogen-bond donors (Lipinski definition) is 1. The predicted molar refractivity (Wildman–Crippen MR) is 75.8 cm³/mol. The zero-order valence-electron chi connectivity index (χ0n) is 10.6. The van der Waals surface area contributed by atoms with Gasteiger partial charge in [0.2, 0.25) is 0 Å². The molecular formula is C14H10BrF3N2O. The van der Waals surface area contributed by atoms with Gasteiger partial charge in [0.25, 0.3) is 0 Å². The Balaban J connectivity index is 2.31. The van der Waals surface area contributed by atoms with Gasteiger partial charge in [-0.25, -0.2) is 0 Å². The maximum Gasteiger partial charge on any atom is 0.416 e. The van der Waals surface area contributed by atoms with Crippen molar-refractivity contribution < 1.29 is 18.0 Å². The van der Waals surface area contributed by atoms with E-state index in [9.17, 15) is 18.0 Å². The third-order valence-corrected chi connectivity index (χ3v) is 3.24. The summed E-state index contributed by atoms with van der Waals surface area (Å²) in [6, 6.07) is 4.40.